The molecule has 3 rings (SSSR count). The molecule has 0 aliphatic heterocycles. The molecule has 12 heteroatoms. The van der Waals surface area contributed by atoms with E-state index in [1.807, 2.05) is 0 Å². The smallest absolute Gasteiger partial charge is 0.404 e. The molecule has 0 spiro atoms. The highest BCUT2D eigenvalue weighted by Gasteiger charge is 2.31. The summed E-state index contributed by atoms with van der Waals surface area (Å²) in [5.74, 6) is -5.85. The van der Waals surface area contributed by atoms with Crippen LogP contribution in [0.3, 0.4) is 0 Å². The van der Waals surface area contributed by atoms with Crippen LogP contribution in [0.2, 0.25) is 0 Å². The number of halogens is 4. The first-order valence-corrected chi connectivity index (χ1v) is 9.67. The number of alkyl halides is 2. The van der Waals surface area contributed by atoms with Gasteiger partial charge in [-0.1, -0.05) is 6.07 Å². The van der Waals surface area contributed by atoms with Crippen molar-refractivity contribution in [2.24, 2.45) is 0 Å². The molecular weight excluding hydrogens is 448 g/mol. The topological polar surface area (TPSA) is 105 Å². The molecular formula is C21H20F4N4O4. The van der Waals surface area contributed by atoms with Crippen molar-refractivity contribution >= 4 is 17.5 Å². The van der Waals surface area contributed by atoms with E-state index in [0.29, 0.717) is 5.56 Å². The maximum atomic E-state index is 13.9. The number of fused-ring (bicyclic) bond motifs is 1. The fourth-order valence-corrected chi connectivity index (χ4v) is 3.12. The van der Waals surface area contributed by atoms with Crippen LogP contribution in [-0.4, -0.2) is 45.7 Å². The molecule has 0 aliphatic carbocycles. The van der Waals surface area contributed by atoms with Gasteiger partial charge in [-0.2, -0.15) is 9.61 Å². The van der Waals surface area contributed by atoms with Crippen LogP contribution in [0.4, 0.5) is 22.4 Å². The number of nitrogens with zero attached hydrogens (tertiary/aromatic N) is 2. The number of ether oxygens (including phenoxy) is 1. The van der Waals surface area contributed by atoms with Crippen molar-refractivity contribution in [1.29, 1.82) is 0 Å². The molecule has 2 heterocycles. The predicted octanol–water partition coefficient (Wildman–Crippen LogP) is 3.44. The van der Waals surface area contributed by atoms with E-state index in [1.165, 1.54) is 17.5 Å². The summed E-state index contributed by atoms with van der Waals surface area (Å²) in [6.45, 7) is 0.457. The number of aromatic nitrogens is 2. The summed E-state index contributed by atoms with van der Waals surface area (Å²) in [6.07, 6.45) is -1.61. The molecule has 0 atom stereocenters. The zero-order valence-corrected chi connectivity index (χ0v) is 17.6. The maximum absolute atomic E-state index is 13.9. The fraction of sp³-hybridized carbons (Fsp3) is 0.286. The third-order valence-electron chi connectivity index (χ3n) is 4.68. The lowest BCUT2D eigenvalue weighted by molar-refractivity contribution is 0.00438. The van der Waals surface area contributed by atoms with Crippen molar-refractivity contribution in [3.63, 3.8) is 0 Å². The molecule has 3 aromatic rings. The van der Waals surface area contributed by atoms with Crippen molar-refractivity contribution in [2.45, 2.75) is 26.4 Å². The number of carbonyl (C=O) groups excluding carboxylic acids is 1. The van der Waals surface area contributed by atoms with Crippen molar-refractivity contribution in [1.82, 2.24) is 20.2 Å². The Labute approximate surface area is 185 Å². The largest absolute Gasteiger partial charge is 0.473 e. The Hall–Kier alpha value is -3.83. The van der Waals surface area contributed by atoms with Crippen LogP contribution < -0.4 is 15.4 Å². The van der Waals surface area contributed by atoms with Gasteiger partial charge in [0, 0.05) is 6.07 Å². The quantitative estimate of drug-likeness (QED) is 0.440. The van der Waals surface area contributed by atoms with Gasteiger partial charge < -0.3 is 20.5 Å². The van der Waals surface area contributed by atoms with Crippen LogP contribution in [0.1, 0.15) is 27.2 Å². The van der Waals surface area contributed by atoms with Gasteiger partial charge in [0.05, 0.1) is 35.4 Å². The van der Waals surface area contributed by atoms with Crippen LogP contribution in [0.5, 0.6) is 5.88 Å². The van der Waals surface area contributed by atoms with Gasteiger partial charge in [-0.05, 0) is 37.6 Å². The van der Waals surface area contributed by atoms with Crippen molar-refractivity contribution in [3.05, 3.63) is 64.4 Å². The average Bonchev–Trinajstić information content (AvgIpc) is 3.06. The number of carboxylic acid groups (broad SMARTS) is 1. The molecule has 3 N–H and O–H groups in total. The number of aryl methyl sites for hydroxylation is 2. The van der Waals surface area contributed by atoms with Crippen molar-refractivity contribution in [2.75, 3.05) is 13.1 Å². The molecule has 2 amide bonds. The molecule has 1 aromatic carbocycles. The Morgan fingerprint density at radius 1 is 1.12 bits per heavy atom. The van der Waals surface area contributed by atoms with E-state index in [4.69, 9.17) is 9.84 Å². The maximum Gasteiger partial charge on any atom is 0.404 e. The SMILES string of the molecule is Cc1cc(OCc2c(F)cccc2F)n2nc(C)c(C(=O)NCC(F)(F)CNC(=O)O)c2c1. The van der Waals surface area contributed by atoms with E-state index in [-0.39, 0.29) is 28.2 Å². The minimum atomic E-state index is -3.51. The third-order valence-corrected chi connectivity index (χ3v) is 4.68. The minimum Gasteiger partial charge on any atom is -0.473 e. The van der Waals surface area contributed by atoms with Crippen LogP contribution in [-0.2, 0) is 6.61 Å². The molecule has 0 unspecified atom stereocenters. The molecule has 0 saturated heterocycles. The van der Waals surface area contributed by atoms with Crippen molar-refractivity contribution < 1.29 is 37.0 Å². The molecule has 0 fully saturated rings. The van der Waals surface area contributed by atoms with Crippen LogP contribution in [0, 0.1) is 25.5 Å². The molecule has 0 aliphatic rings. The molecule has 0 radical (unpaired) electrons. The third kappa shape index (κ3) is 5.51. The molecule has 0 saturated carbocycles. The standard InChI is InChI=1S/C21H20F4N4O4/c1-11-6-16-18(19(30)26-9-21(24,25)10-27-20(31)32)12(2)28-29(16)17(7-11)33-8-13-14(22)4-3-5-15(13)23/h3-7,27H,8-10H2,1-2H3,(H,26,30)(H,31,32). The fourth-order valence-electron chi connectivity index (χ4n) is 3.12. The van der Waals surface area contributed by atoms with Gasteiger partial charge in [-0.3, -0.25) is 4.79 Å². The molecule has 8 nitrogen and oxygen atoms in total. The number of carbonyl (C=O) groups is 2. The van der Waals surface area contributed by atoms with Gasteiger partial charge in [0.15, 0.2) is 0 Å². The summed E-state index contributed by atoms with van der Waals surface area (Å²) in [7, 11) is 0. The Kier molecular flexibility index (Phi) is 6.75. The lowest BCUT2D eigenvalue weighted by atomic mass is 10.1. The summed E-state index contributed by atoms with van der Waals surface area (Å²) in [5.41, 5.74) is 0.776. The van der Waals surface area contributed by atoms with Crippen LogP contribution >= 0.6 is 0 Å². The Morgan fingerprint density at radius 3 is 2.39 bits per heavy atom. The second-order valence-corrected chi connectivity index (χ2v) is 7.31. The molecule has 33 heavy (non-hydrogen) atoms. The normalized spacial score (nSPS) is 11.5. The Bertz CT molecular complexity index is 1190. The number of benzene rings is 1. The van der Waals surface area contributed by atoms with Crippen LogP contribution in [0.15, 0.2) is 30.3 Å². The van der Waals surface area contributed by atoms with Gasteiger partial charge >= 0.3 is 6.09 Å². The molecule has 2 aromatic heterocycles. The Morgan fingerprint density at radius 2 is 1.76 bits per heavy atom. The number of hydrogen-bond donors (Lipinski definition) is 3. The van der Waals surface area contributed by atoms with E-state index >= 15 is 0 Å². The predicted molar refractivity (Wildman–Crippen MR) is 109 cm³/mol. The molecule has 0 bridgehead atoms. The Balaban J connectivity index is 1.84. The second kappa shape index (κ2) is 9.35. The number of nitrogens with one attached hydrogen (secondary N) is 2. The first kappa shape index (κ1) is 23.8. The summed E-state index contributed by atoms with van der Waals surface area (Å²) in [6, 6.07) is 6.54. The lowest BCUT2D eigenvalue weighted by Crippen LogP contribution is -2.44. The first-order chi connectivity index (χ1) is 15.5. The summed E-state index contributed by atoms with van der Waals surface area (Å²) < 4.78 is 62.2. The van der Waals surface area contributed by atoms with Gasteiger partial charge in [-0.15, -0.1) is 0 Å². The van der Waals surface area contributed by atoms with Crippen molar-refractivity contribution in [3.8, 4) is 5.88 Å². The minimum absolute atomic E-state index is 0.00242. The van der Waals surface area contributed by atoms with Gasteiger partial charge in [0.1, 0.15) is 18.2 Å². The summed E-state index contributed by atoms with van der Waals surface area (Å²) in [5, 5.41) is 16.3. The summed E-state index contributed by atoms with van der Waals surface area (Å²) in [4.78, 5) is 23.1. The second-order valence-electron chi connectivity index (χ2n) is 7.31. The highest BCUT2D eigenvalue weighted by molar-refractivity contribution is 6.02. The van der Waals surface area contributed by atoms with Crippen LogP contribution in [0.25, 0.3) is 5.52 Å². The van der Waals surface area contributed by atoms with Gasteiger partial charge in [-0.25, -0.2) is 22.4 Å². The lowest BCUT2D eigenvalue weighted by Gasteiger charge is -2.16. The highest BCUT2D eigenvalue weighted by atomic mass is 19.3. The summed E-state index contributed by atoms with van der Waals surface area (Å²) >= 11 is 0. The first-order valence-electron chi connectivity index (χ1n) is 9.67. The number of hydrogen-bond acceptors (Lipinski definition) is 4. The van der Waals surface area contributed by atoms with E-state index in [2.05, 4.69) is 10.4 Å². The van der Waals surface area contributed by atoms with E-state index in [9.17, 15) is 27.2 Å². The highest BCUT2D eigenvalue weighted by Crippen LogP contribution is 2.25. The zero-order chi connectivity index (χ0) is 24.3. The number of amides is 2. The average molecular weight is 468 g/mol. The van der Waals surface area contributed by atoms with E-state index < -0.39 is 49.3 Å². The number of pyridine rings is 1. The van der Waals surface area contributed by atoms with Gasteiger partial charge in [0.2, 0.25) is 5.88 Å². The number of rotatable bonds is 8. The monoisotopic (exact) mass is 468 g/mol. The zero-order valence-electron chi connectivity index (χ0n) is 17.6. The van der Waals surface area contributed by atoms with E-state index in [1.54, 1.807) is 24.4 Å². The molecule has 176 valence electrons. The van der Waals surface area contributed by atoms with E-state index in [0.717, 1.165) is 12.1 Å². The van der Waals surface area contributed by atoms with Gasteiger partial charge in [0.25, 0.3) is 11.8 Å².